The number of fused-ring (bicyclic) bond motifs is 1. The van der Waals surface area contributed by atoms with Crippen molar-refractivity contribution in [1.82, 2.24) is 15.3 Å². The summed E-state index contributed by atoms with van der Waals surface area (Å²) in [5.41, 5.74) is 4.13. The van der Waals surface area contributed by atoms with Gasteiger partial charge in [0.15, 0.2) is 0 Å². The van der Waals surface area contributed by atoms with E-state index in [0.29, 0.717) is 11.5 Å². The summed E-state index contributed by atoms with van der Waals surface area (Å²) in [5, 5.41) is 4.62. The molecule has 1 aliphatic carbocycles. The monoisotopic (exact) mass is 301 g/mol. The molecule has 2 aromatic heterocycles. The first kappa shape index (κ1) is 14.7. The zero-order valence-corrected chi connectivity index (χ0v) is 14.0. The second-order valence-electron chi connectivity index (χ2n) is 6.60. The van der Waals surface area contributed by atoms with Crippen molar-refractivity contribution in [2.24, 2.45) is 5.41 Å². The van der Waals surface area contributed by atoms with Gasteiger partial charge in [0, 0.05) is 28.9 Å². The van der Waals surface area contributed by atoms with E-state index in [4.69, 9.17) is 4.98 Å². The summed E-state index contributed by atoms with van der Waals surface area (Å²) in [6, 6.07) is 2.53. The second-order valence-corrected chi connectivity index (χ2v) is 7.63. The Balaban J connectivity index is 2.06. The lowest BCUT2D eigenvalue weighted by Gasteiger charge is -2.34. The molecule has 2 heterocycles. The zero-order valence-electron chi connectivity index (χ0n) is 13.2. The largest absolute Gasteiger partial charge is 0.312 e. The molecule has 2 aromatic rings. The highest BCUT2D eigenvalue weighted by molar-refractivity contribution is 7.15. The molecule has 0 aliphatic heterocycles. The lowest BCUT2D eigenvalue weighted by molar-refractivity contribution is 0.265. The zero-order chi connectivity index (χ0) is 15.0. The number of rotatable bonds is 3. The predicted molar refractivity (Wildman–Crippen MR) is 88.6 cm³/mol. The Kier molecular flexibility index (Phi) is 3.84. The van der Waals surface area contributed by atoms with Crippen molar-refractivity contribution in [1.29, 1.82) is 0 Å². The highest BCUT2D eigenvalue weighted by Gasteiger charge is 2.34. The Labute approximate surface area is 130 Å². The Morgan fingerprint density at radius 3 is 2.95 bits per heavy atom. The summed E-state index contributed by atoms with van der Waals surface area (Å²) in [6.07, 6.45) is 7.08. The van der Waals surface area contributed by atoms with Gasteiger partial charge in [0.25, 0.3) is 0 Å². The molecule has 0 fully saturated rings. The normalized spacial score (nSPS) is 20.3. The van der Waals surface area contributed by atoms with Crippen LogP contribution in [-0.2, 0) is 12.8 Å². The van der Waals surface area contributed by atoms with Crippen LogP contribution in [0.5, 0.6) is 0 Å². The van der Waals surface area contributed by atoms with Gasteiger partial charge in [-0.25, -0.2) is 4.98 Å². The van der Waals surface area contributed by atoms with Crippen molar-refractivity contribution in [2.75, 3.05) is 7.05 Å². The Morgan fingerprint density at radius 2 is 2.24 bits per heavy atom. The first-order chi connectivity index (χ1) is 10.0. The standard InChI is InChI=1S/C17H23N3S/c1-5-11-10-19-7-6-12(11)16-20-14-9-17(2,3)8-13(18-4)15(14)21-16/h6-7,10,13,18H,5,8-9H2,1-4H3. The Bertz CT molecular complexity index is 645. The molecule has 1 N–H and O–H groups in total. The quantitative estimate of drug-likeness (QED) is 0.931. The second kappa shape index (κ2) is 5.50. The Morgan fingerprint density at radius 1 is 1.43 bits per heavy atom. The molecule has 0 saturated heterocycles. The molecule has 0 amide bonds. The smallest absolute Gasteiger partial charge is 0.124 e. The first-order valence-corrected chi connectivity index (χ1v) is 8.46. The summed E-state index contributed by atoms with van der Waals surface area (Å²) < 4.78 is 0. The average Bonchev–Trinajstić information content (AvgIpc) is 2.88. The van der Waals surface area contributed by atoms with Gasteiger partial charge in [-0.05, 0) is 43.4 Å². The fourth-order valence-electron chi connectivity index (χ4n) is 3.20. The highest BCUT2D eigenvalue weighted by Crippen LogP contribution is 2.44. The van der Waals surface area contributed by atoms with Crippen molar-refractivity contribution < 1.29 is 0 Å². The fourth-order valence-corrected chi connectivity index (χ4v) is 4.45. The van der Waals surface area contributed by atoms with Gasteiger partial charge >= 0.3 is 0 Å². The van der Waals surface area contributed by atoms with Crippen LogP contribution in [-0.4, -0.2) is 17.0 Å². The lowest BCUT2D eigenvalue weighted by Crippen LogP contribution is -2.30. The number of aromatic nitrogens is 2. The van der Waals surface area contributed by atoms with E-state index < -0.39 is 0 Å². The molecule has 0 radical (unpaired) electrons. The predicted octanol–water partition coefficient (Wildman–Crippen LogP) is 4.00. The van der Waals surface area contributed by atoms with Gasteiger partial charge < -0.3 is 5.32 Å². The van der Waals surface area contributed by atoms with Crippen LogP contribution in [0.1, 0.15) is 49.4 Å². The molecule has 3 nitrogen and oxygen atoms in total. The van der Waals surface area contributed by atoms with Crippen molar-refractivity contribution in [3.05, 3.63) is 34.6 Å². The summed E-state index contributed by atoms with van der Waals surface area (Å²) in [6.45, 7) is 6.85. The Hall–Kier alpha value is -1.26. The molecule has 1 atom stereocenters. The van der Waals surface area contributed by atoms with Gasteiger partial charge in [-0.2, -0.15) is 0 Å². The van der Waals surface area contributed by atoms with Crippen LogP contribution in [0.3, 0.4) is 0 Å². The molecule has 0 spiro atoms. The maximum atomic E-state index is 4.97. The number of hydrogen-bond acceptors (Lipinski definition) is 4. The minimum absolute atomic E-state index is 0.317. The van der Waals surface area contributed by atoms with E-state index in [-0.39, 0.29) is 0 Å². The van der Waals surface area contributed by atoms with Crippen LogP contribution in [0.15, 0.2) is 18.5 Å². The van der Waals surface area contributed by atoms with Gasteiger partial charge in [-0.3, -0.25) is 4.98 Å². The van der Waals surface area contributed by atoms with E-state index in [9.17, 15) is 0 Å². The molecule has 4 heteroatoms. The summed E-state index contributed by atoms with van der Waals surface area (Å²) in [4.78, 5) is 10.6. The number of thiazole rings is 1. The number of hydrogen-bond donors (Lipinski definition) is 1. The van der Waals surface area contributed by atoms with Crippen molar-refractivity contribution in [3.63, 3.8) is 0 Å². The molecule has 0 bridgehead atoms. The van der Waals surface area contributed by atoms with Gasteiger partial charge in [-0.1, -0.05) is 20.8 Å². The SMILES string of the molecule is CCc1cnccc1-c1nc2c(s1)C(NC)CC(C)(C)C2. The lowest BCUT2D eigenvalue weighted by atomic mass is 9.76. The van der Waals surface area contributed by atoms with Crippen molar-refractivity contribution >= 4 is 11.3 Å². The van der Waals surface area contributed by atoms with Crippen LogP contribution in [0.4, 0.5) is 0 Å². The molecule has 0 aromatic carbocycles. The van der Waals surface area contributed by atoms with Crippen LogP contribution >= 0.6 is 11.3 Å². The van der Waals surface area contributed by atoms with Crippen LogP contribution in [0.25, 0.3) is 10.6 Å². The summed E-state index contributed by atoms with van der Waals surface area (Å²) >= 11 is 1.85. The van der Waals surface area contributed by atoms with Gasteiger partial charge in [0.05, 0.1) is 5.69 Å². The molecule has 1 aliphatic rings. The number of pyridine rings is 1. The highest BCUT2D eigenvalue weighted by atomic mass is 32.1. The minimum Gasteiger partial charge on any atom is -0.312 e. The van der Waals surface area contributed by atoms with Gasteiger partial charge in [0.2, 0.25) is 0 Å². The molecule has 0 saturated carbocycles. The molecular weight excluding hydrogens is 278 g/mol. The number of nitrogens with one attached hydrogen (secondary N) is 1. The number of nitrogens with zero attached hydrogens (tertiary/aromatic N) is 2. The van der Waals surface area contributed by atoms with E-state index in [1.165, 1.54) is 28.1 Å². The van der Waals surface area contributed by atoms with E-state index in [1.807, 2.05) is 23.7 Å². The van der Waals surface area contributed by atoms with E-state index in [2.05, 4.69) is 44.2 Å². The van der Waals surface area contributed by atoms with Crippen LogP contribution in [0, 0.1) is 5.41 Å². The van der Waals surface area contributed by atoms with Gasteiger partial charge in [0.1, 0.15) is 5.01 Å². The average molecular weight is 301 g/mol. The molecular formula is C17H23N3S. The molecule has 21 heavy (non-hydrogen) atoms. The maximum Gasteiger partial charge on any atom is 0.124 e. The third kappa shape index (κ3) is 2.74. The topological polar surface area (TPSA) is 37.8 Å². The fraction of sp³-hybridized carbons (Fsp3) is 0.529. The molecule has 1 unspecified atom stereocenters. The first-order valence-electron chi connectivity index (χ1n) is 7.64. The third-order valence-electron chi connectivity index (χ3n) is 4.31. The van der Waals surface area contributed by atoms with E-state index >= 15 is 0 Å². The molecule has 112 valence electrons. The maximum absolute atomic E-state index is 4.97. The summed E-state index contributed by atoms with van der Waals surface area (Å²) in [5.74, 6) is 0. The van der Waals surface area contributed by atoms with Crippen LogP contribution < -0.4 is 5.32 Å². The number of aryl methyl sites for hydroxylation is 1. The van der Waals surface area contributed by atoms with E-state index in [1.54, 1.807) is 0 Å². The van der Waals surface area contributed by atoms with Crippen molar-refractivity contribution in [3.8, 4) is 10.6 Å². The van der Waals surface area contributed by atoms with E-state index in [0.717, 1.165) is 17.8 Å². The van der Waals surface area contributed by atoms with Crippen molar-refractivity contribution in [2.45, 2.75) is 46.1 Å². The molecule has 3 rings (SSSR count). The summed E-state index contributed by atoms with van der Waals surface area (Å²) in [7, 11) is 2.05. The van der Waals surface area contributed by atoms with Gasteiger partial charge in [-0.15, -0.1) is 11.3 Å². The van der Waals surface area contributed by atoms with Crippen LogP contribution in [0.2, 0.25) is 0 Å². The minimum atomic E-state index is 0.317. The third-order valence-corrected chi connectivity index (χ3v) is 5.55.